The highest BCUT2D eigenvalue weighted by Crippen LogP contribution is 2.40. The first-order valence-electron chi connectivity index (χ1n) is 19.3. The third-order valence-corrected chi connectivity index (χ3v) is 11.0. The molecule has 0 atom stereocenters. The van der Waals surface area contributed by atoms with E-state index in [0.717, 1.165) is 88.9 Å². The van der Waals surface area contributed by atoms with Crippen molar-refractivity contribution in [2.45, 2.75) is 0 Å². The first-order valence-corrected chi connectivity index (χ1v) is 19.3. The number of hydrogen-bond donors (Lipinski definition) is 0. The number of anilines is 3. The van der Waals surface area contributed by atoms with Gasteiger partial charge in [-0.25, -0.2) is 15.0 Å². The lowest BCUT2D eigenvalue weighted by molar-refractivity contribution is 1.28. The van der Waals surface area contributed by atoms with Crippen LogP contribution in [0.3, 0.4) is 0 Å². The topological polar surface area (TPSA) is 41.9 Å². The Kier molecular flexibility index (Phi) is 7.78. The van der Waals surface area contributed by atoms with Crippen molar-refractivity contribution >= 4 is 71.3 Å². The monoisotopic (exact) mass is 726 g/mol. The van der Waals surface area contributed by atoms with Crippen LogP contribution in [0.15, 0.2) is 206 Å². The molecule has 0 amide bonds. The lowest BCUT2D eigenvalue weighted by Gasteiger charge is -2.25. The molecule has 0 bridgehead atoms. The van der Waals surface area contributed by atoms with Gasteiger partial charge < -0.3 is 4.90 Å². The van der Waals surface area contributed by atoms with Crippen LogP contribution in [0.1, 0.15) is 0 Å². The molecule has 3 aromatic heterocycles. The molecule has 11 aromatic rings. The molecule has 4 heteroatoms. The van der Waals surface area contributed by atoms with Crippen molar-refractivity contribution in [3.05, 3.63) is 206 Å². The largest absolute Gasteiger partial charge is 0.311 e. The van der Waals surface area contributed by atoms with E-state index in [1.54, 1.807) is 0 Å². The maximum absolute atomic E-state index is 5.46. The molecule has 0 aliphatic heterocycles. The van der Waals surface area contributed by atoms with Gasteiger partial charge in [-0.2, -0.15) is 0 Å². The molecule has 0 radical (unpaired) electrons. The molecule has 266 valence electrons. The van der Waals surface area contributed by atoms with Crippen LogP contribution in [0.4, 0.5) is 17.1 Å². The lowest BCUT2D eigenvalue weighted by atomic mass is 9.94. The molecule has 3 heterocycles. The van der Waals surface area contributed by atoms with Gasteiger partial charge in [-0.05, 0) is 65.4 Å². The van der Waals surface area contributed by atoms with Gasteiger partial charge in [-0.15, -0.1) is 0 Å². The van der Waals surface area contributed by atoms with Crippen LogP contribution < -0.4 is 4.90 Å². The van der Waals surface area contributed by atoms with Gasteiger partial charge in [0.25, 0.3) is 0 Å². The third kappa shape index (κ3) is 5.74. The quantitative estimate of drug-likeness (QED) is 0.160. The number of pyridine rings is 3. The number of nitrogens with zero attached hydrogens (tertiary/aromatic N) is 4. The highest BCUT2D eigenvalue weighted by molar-refractivity contribution is 6.22. The van der Waals surface area contributed by atoms with Gasteiger partial charge in [-0.1, -0.05) is 152 Å². The van der Waals surface area contributed by atoms with E-state index < -0.39 is 0 Å². The molecule has 0 N–H and O–H groups in total. The van der Waals surface area contributed by atoms with Crippen LogP contribution >= 0.6 is 0 Å². The van der Waals surface area contributed by atoms with Crippen molar-refractivity contribution in [2.75, 3.05) is 4.90 Å². The van der Waals surface area contributed by atoms with E-state index in [0.29, 0.717) is 0 Å². The molecule has 0 unspecified atom stereocenters. The molecule has 0 fully saturated rings. The summed E-state index contributed by atoms with van der Waals surface area (Å²) < 4.78 is 0. The second-order valence-corrected chi connectivity index (χ2v) is 14.4. The van der Waals surface area contributed by atoms with Crippen molar-refractivity contribution in [2.24, 2.45) is 0 Å². The average Bonchev–Trinajstić information content (AvgIpc) is 3.29. The molecule has 8 aromatic carbocycles. The summed E-state index contributed by atoms with van der Waals surface area (Å²) in [5.74, 6) is 0. The molecule has 0 aliphatic carbocycles. The van der Waals surface area contributed by atoms with Crippen molar-refractivity contribution in [3.63, 3.8) is 0 Å². The highest BCUT2D eigenvalue weighted by atomic mass is 15.1. The van der Waals surface area contributed by atoms with Crippen LogP contribution in [0.5, 0.6) is 0 Å². The van der Waals surface area contributed by atoms with Gasteiger partial charge >= 0.3 is 0 Å². The number of para-hydroxylation sites is 2. The van der Waals surface area contributed by atoms with Gasteiger partial charge in [0.1, 0.15) is 0 Å². The van der Waals surface area contributed by atoms with Crippen molar-refractivity contribution in [1.82, 2.24) is 15.0 Å². The Morgan fingerprint density at radius 3 is 1.49 bits per heavy atom. The fourth-order valence-electron chi connectivity index (χ4n) is 8.22. The minimum Gasteiger partial charge on any atom is -0.311 e. The number of benzene rings is 8. The summed E-state index contributed by atoms with van der Waals surface area (Å²) in [5.41, 5.74) is 11.9. The van der Waals surface area contributed by atoms with Gasteiger partial charge in [-0.3, -0.25) is 0 Å². The van der Waals surface area contributed by atoms with Crippen LogP contribution in [0.2, 0.25) is 0 Å². The van der Waals surface area contributed by atoms with Gasteiger partial charge in [0.2, 0.25) is 0 Å². The minimum atomic E-state index is 0.886. The molecule has 0 aliphatic rings. The van der Waals surface area contributed by atoms with Gasteiger partial charge in [0.15, 0.2) is 0 Å². The zero-order chi connectivity index (χ0) is 37.7. The predicted octanol–water partition coefficient (Wildman–Crippen LogP) is 14.1. The summed E-state index contributed by atoms with van der Waals surface area (Å²) in [6, 6.07) is 72.6. The molecule has 0 saturated heterocycles. The van der Waals surface area contributed by atoms with Gasteiger partial charge in [0.05, 0.1) is 33.6 Å². The number of hydrogen-bond acceptors (Lipinski definition) is 4. The SMILES string of the molecule is c1ccc(-c2ccc3ccc4ccc(-c5ccc6c(c5)nc(-c5ccc(N(c7ccccc7)c7ccccc7)cc5)c5ccc7ccccc7c56)nc4c3n2)cc1. The third-order valence-electron chi connectivity index (χ3n) is 11.0. The summed E-state index contributed by atoms with van der Waals surface area (Å²) in [5, 5.41) is 7.98. The summed E-state index contributed by atoms with van der Waals surface area (Å²) in [7, 11) is 0. The van der Waals surface area contributed by atoms with Crippen molar-refractivity contribution < 1.29 is 0 Å². The average molecular weight is 727 g/mol. The Balaban J connectivity index is 1.07. The van der Waals surface area contributed by atoms with E-state index in [2.05, 4.69) is 193 Å². The zero-order valence-electron chi connectivity index (χ0n) is 30.9. The molecule has 57 heavy (non-hydrogen) atoms. The standard InChI is InChI=1S/C53H34N4/c1-4-13-36(14-5-1)47-32-26-38-20-21-39-27-33-48(55-53(39)52(38)54-47)40-25-30-45-49(34-40)56-51(46-31-24-35-12-10-11-19-44(35)50(45)46)37-22-28-43(29-23-37)57(41-15-6-2-7-16-41)42-17-8-3-9-18-42/h1-34H. The minimum absolute atomic E-state index is 0.886. The Hall–Kier alpha value is -7.69. The Labute approximate surface area is 330 Å². The summed E-state index contributed by atoms with van der Waals surface area (Å²) in [6.45, 7) is 0. The van der Waals surface area contributed by atoms with E-state index in [1.165, 1.54) is 16.2 Å². The maximum atomic E-state index is 5.46. The maximum Gasteiger partial charge on any atom is 0.0972 e. The fourth-order valence-corrected chi connectivity index (χ4v) is 8.22. The second-order valence-electron chi connectivity index (χ2n) is 14.4. The fraction of sp³-hybridized carbons (Fsp3) is 0. The van der Waals surface area contributed by atoms with E-state index in [1.807, 2.05) is 18.2 Å². The van der Waals surface area contributed by atoms with Crippen molar-refractivity contribution in [3.8, 4) is 33.8 Å². The Bertz CT molecular complexity index is 3230. The smallest absolute Gasteiger partial charge is 0.0972 e. The van der Waals surface area contributed by atoms with Crippen LogP contribution in [-0.4, -0.2) is 15.0 Å². The summed E-state index contributed by atoms with van der Waals surface area (Å²) >= 11 is 0. The van der Waals surface area contributed by atoms with E-state index in [-0.39, 0.29) is 0 Å². The van der Waals surface area contributed by atoms with Crippen LogP contribution in [-0.2, 0) is 0 Å². The molecular formula is C53H34N4. The van der Waals surface area contributed by atoms with E-state index in [9.17, 15) is 0 Å². The Morgan fingerprint density at radius 1 is 0.316 bits per heavy atom. The van der Waals surface area contributed by atoms with Crippen molar-refractivity contribution in [1.29, 1.82) is 0 Å². The summed E-state index contributed by atoms with van der Waals surface area (Å²) in [6.07, 6.45) is 0. The number of fused-ring (bicyclic) bond motifs is 8. The highest BCUT2D eigenvalue weighted by Gasteiger charge is 2.17. The first-order chi connectivity index (χ1) is 28.2. The summed E-state index contributed by atoms with van der Waals surface area (Å²) in [4.78, 5) is 18.2. The number of rotatable bonds is 6. The first kappa shape index (κ1) is 32.7. The second kappa shape index (κ2) is 13.6. The zero-order valence-corrected chi connectivity index (χ0v) is 30.9. The molecule has 4 nitrogen and oxygen atoms in total. The van der Waals surface area contributed by atoms with Crippen LogP contribution in [0.25, 0.3) is 88.0 Å². The normalized spacial score (nSPS) is 11.5. The van der Waals surface area contributed by atoms with Gasteiger partial charge in [0, 0.05) is 60.7 Å². The van der Waals surface area contributed by atoms with E-state index in [4.69, 9.17) is 15.0 Å². The molecule has 0 saturated carbocycles. The predicted molar refractivity (Wildman–Crippen MR) is 238 cm³/mol. The molecular weight excluding hydrogens is 693 g/mol. The van der Waals surface area contributed by atoms with Crippen LogP contribution in [0, 0.1) is 0 Å². The Morgan fingerprint density at radius 2 is 0.825 bits per heavy atom. The molecule has 0 spiro atoms. The molecule has 11 rings (SSSR count). The van der Waals surface area contributed by atoms with E-state index >= 15 is 0 Å². The number of aromatic nitrogens is 3. The lowest BCUT2D eigenvalue weighted by Crippen LogP contribution is -2.09.